The minimum atomic E-state index is -0.908. The number of ether oxygens (including phenoxy) is 1. The minimum absolute atomic E-state index is 0. The number of thiazole rings is 1. The van der Waals surface area contributed by atoms with E-state index < -0.39 is 23.9 Å². The van der Waals surface area contributed by atoms with Crippen LogP contribution in [0.3, 0.4) is 0 Å². The molecule has 0 spiro atoms. The first-order valence-electron chi connectivity index (χ1n) is 11.7. The molecule has 4 heterocycles. The van der Waals surface area contributed by atoms with Crippen molar-refractivity contribution in [1.82, 2.24) is 30.4 Å². The fraction of sp³-hybridized carbons (Fsp3) is 0.478. The molecule has 1 fully saturated rings. The number of methoxy groups -OCH3 is 1. The van der Waals surface area contributed by atoms with E-state index in [0.29, 0.717) is 23.0 Å². The van der Waals surface area contributed by atoms with Crippen LogP contribution < -0.4 is 16.0 Å². The molecule has 0 saturated carbocycles. The number of rotatable bonds is 6. The average molecular weight is 587 g/mol. The number of nitrogens with zero attached hydrogens (tertiary/aromatic N) is 4. The van der Waals surface area contributed by atoms with Gasteiger partial charge in [-0.25, -0.2) is 9.97 Å². The molecule has 0 aliphatic carbocycles. The van der Waals surface area contributed by atoms with E-state index in [-0.39, 0.29) is 43.2 Å². The Morgan fingerprint density at radius 2 is 1.95 bits per heavy atom. The highest BCUT2D eigenvalue weighted by Crippen LogP contribution is 2.25. The van der Waals surface area contributed by atoms with E-state index >= 15 is 0 Å². The summed E-state index contributed by atoms with van der Waals surface area (Å²) < 4.78 is 4.96. The van der Waals surface area contributed by atoms with Gasteiger partial charge in [-0.1, -0.05) is 11.6 Å². The number of pyridine rings is 1. The number of carbonyl (C=O) groups excluding carboxylic acids is 4. The Morgan fingerprint density at radius 1 is 1.16 bits per heavy atom. The second-order valence-corrected chi connectivity index (χ2v) is 10.4. The highest BCUT2D eigenvalue weighted by atomic mass is 35.5. The van der Waals surface area contributed by atoms with Crippen LogP contribution in [0.25, 0.3) is 0 Å². The Kier molecular flexibility index (Phi) is 10.4. The van der Waals surface area contributed by atoms with Gasteiger partial charge in [0.15, 0.2) is 5.01 Å². The molecule has 12 nitrogen and oxygen atoms in total. The first kappa shape index (κ1) is 29.7. The van der Waals surface area contributed by atoms with Gasteiger partial charge in [0.1, 0.15) is 12.4 Å². The third-order valence-corrected chi connectivity index (χ3v) is 7.46. The first-order valence-corrected chi connectivity index (χ1v) is 12.9. The van der Waals surface area contributed by atoms with Crippen LogP contribution in [0.4, 0.5) is 5.82 Å². The van der Waals surface area contributed by atoms with Crippen LogP contribution in [0.1, 0.15) is 26.8 Å². The number of hydrogen-bond acceptors (Lipinski definition) is 9. The second-order valence-electron chi connectivity index (χ2n) is 8.91. The Hall–Kier alpha value is -2.84. The van der Waals surface area contributed by atoms with E-state index in [1.807, 2.05) is 7.05 Å². The molecule has 0 radical (unpaired) electrons. The third kappa shape index (κ3) is 7.38. The number of fused-ring (bicyclic) bond motifs is 1. The van der Waals surface area contributed by atoms with Crippen LogP contribution in [-0.4, -0.2) is 95.9 Å². The van der Waals surface area contributed by atoms with E-state index in [1.54, 1.807) is 4.90 Å². The van der Waals surface area contributed by atoms with Crippen molar-refractivity contribution < 1.29 is 23.9 Å². The molecule has 1 saturated heterocycles. The molecule has 3 N–H and O–H groups in total. The van der Waals surface area contributed by atoms with Gasteiger partial charge in [-0.15, -0.1) is 23.7 Å². The van der Waals surface area contributed by atoms with E-state index in [4.69, 9.17) is 16.3 Å². The predicted octanol–water partition coefficient (Wildman–Crippen LogP) is 0.702. The molecule has 2 aliphatic heterocycles. The molecule has 206 valence electrons. The number of aromatic nitrogens is 2. The van der Waals surface area contributed by atoms with Gasteiger partial charge in [-0.05, 0) is 25.6 Å². The minimum Gasteiger partial charge on any atom is -0.375 e. The van der Waals surface area contributed by atoms with Gasteiger partial charge < -0.3 is 30.5 Å². The zero-order valence-corrected chi connectivity index (χ0v) is 23.2. The van der Waals surface area contributed by atoms with E-state index in [0.717, 1.165) is 30.1 Å². The number of nitrogens with one attached hydrogen (secondary N) is 3. The van der Waals surface area contributed by atoms with Crippen molar-refractivity contribution in [3.05, 3.63) is 38.9 Å². The molecule has 15 heteroatoms. The van der Waals surface area contributed by atoms with E-state index in [1.165, 1.54) is 36.8 Å². The number of anilines is 1. The summed E-state index contributed by atoms with van der Waals surface area (Å²) in [6.45, 7) is 1.99. The maximum atomic E-state index is 13.1. The maximum Gasteiger partial charge on any atom is 0.314 e. The molecule has 0 aromatic carbocycles. The van der Waals surface area contributed by atoms with Gasteiger partial charge in [0.2, 0.25) is 5.91 Å². The standard InChI is InChI=1S/C23H28ClN7O5S.ClH/c1-30-7-5-15-17(11-30)37-23(28-15)22(35)27-16-10-31(19(32)12-36-2)8-6-14(16)26-20(33)21(34)29-18-4-3-13(24)9-25-18;/h3-4,9,14,16H,5-8,10-12H2,1-2H3,(H,26,33)(H,27,35)(H,25,29,34);1H/t14-,16+;/m0./s1. The topological polar surface area (TPSA) is 146 Å². The van der Waals surface area contributed by atoms with E-state index in [9.17, 15) is 19.2 Å². The lowest BCUT2D eigenvalue weighted by Crippen LogP contribution is -2.62. The van der Waals surface area contributed by atoms with Gasteiger partial charge in [0.05, 0.1) is 22.8 Å². The normalized spacial score (nSPS) is 19.1. The molecule has 2 atom stereocenters. The van der Waals surface area contributed by atoms with Crippen molar-refractivity contribution in [2.24, 2.45) is 0 Å². The summed E-state index contributed by atoms with van der Waals surface area (Å²) in [5, 5.41) is 8.75. The maximum absolute atomic E-state index is 13.1. The van der Waals surface area contributed by atoms with E-state index in [2.05, 4.69) is 30.8 Å². The smallest absolute Gasteiger partial charge is 0.314 e. The van der Waals surface area contributed by atoms with Crippen LogP contribution in [0, 0.1) is 0 Å². The number of likely N-dealkylation sites (N-methyl/N-ethyl adjacent to an activating group) is 1. The Morgan fingerprint density at radius 3 is 2.66 bits per heavy atom. The fourth-order valence-corrected chi connectivity index (χ4v) is 5.42. The third-order valence-electron chi connectivity index (χ3n) is 6.16. The average Bonchev–Trinajstić information content (AvgIpc) is 3.30. The van der Waals surface area contributed by atoms with Crippen LogP contribution >= 0.6 is 35.3 Å². The molecule has 2 aromatic heterocycles. The van der Waals surface area contributed by atoms with Crippen LogP contribution in [-0.2, 0) is 32.1 Å². The fourth-order valence-electron chi connectivity index (χ4n) is 4.22. The number of halogens is 2. The van der Waals surface area contributed by atoms with Gasteiger partial charge in [0, 0.05) is 50.8 Å². The van der Waals surface area contributed by atoms with Gasteiger partial charge in [0.25, 0.3) is 5.91 Å². The summed E-state index contributed by atoms with van der Waals surface area (Å²) >= 11 is 7.14. The highest BCUT2D eigenvalue weighted by molar-refractivity contribution is 7.13. The Balaban J connectivity index is 0.00000400. The number of likely N-dealkylation sites (tertiary alicyclic amines) is 1. The van der Waals surface area contributed by atoms with Crippen LogP contribution in [0.2, 0.25) is 5.02 Å². The molecule has 0 bridgehead atoms. The van der Waals surface area contributed by atoms with Crippen molar-refractivity contribution in [3.8, 4) is 0 Å². The van der Waals surface area contributed by atoms with Crippen LogP contribution in [0.5, 0.6) is 0 Å². The Bertz CT molecular complexity index is 1180. The van der Waals surface area contributed by atoms with Crippen LogP contribution in [0.15, 0.2) is 18.3 Å². The summed E-state index contributed by atoms with van der Waals surface area (Å²) in [6, 6.07) is 1.78. The summed E-state index contributed by atoms with van der Waals surface area (Å²) in [5.41, 5.74) is 0.922. The quantitative estimate of drug-likeness (QED) is 0.420. The zero-order valence-electron chi connectivity index (χ0n) is 20.9. The molecule has 2 aromatic rings. The molecule has 4 amide bonds. The largest absolute Gasteiger partial charge is 0.375 e. The first-order chi connectivity index (χ1) is 17.7. The number of piperidine rings is 1. The summed E-state index contributed by atoms with van der Waals surface area (Å²) in [6.07, 6.45) is 2.45. The van der Waals surface area contributed by atoms with Crippen molar-refractivity contribution in [3.63, 3.8) is 0 Å². The molecule has 0 unspecified atom stereocenters. The molecule has 2 aliphatic rings. The zero-order chi connectivity index (χ0) is 26.5. The molecular formula is C23H29Cl2N7O5S. The van der Waals surface area contributed by atoms with Crippen molar-refractivity contribution in [2.75, 3.05) is 45.7 Å². The molecule has 38 heavy (non-hydrogen) atoms. The lowest BCUT2D eigenvalue weighted by molar-refractivity contribution is -0.138. The Labute approximate surface area is 234 Å². The molecular weight excluding hydrogens is 557 g/mol. The number of carbonyl (C=O) groups is 4. The lowest BCUT2D eigenvalue weighted by atomic mass is 9.98. The van der Waals surface area contributed by atoms with Crippen molar-refractivity contribution in [2.45, 2.75) is 31.5 Å². The summed E-state index contributed by atoms with van der Waals surface area (Å²) in [4.78, 5) is 63.9. The highest BCUT2D eigenvalue weighted by Gasteiger charge is 2.35. The lowest BCUT2D eigenvalue weighted by Gasteiger charge is -2.38. The predicted molar refractivity (Wildman–Crippen MR) is 144 cm³/mol. The SMILES string of the molecule is COCC(=O)N1CC[C@H](NC(=O)C(=O)Nc2ccc(Cl)cn2)[C@H](NC(=O)c2nc3c(s2)CN(C)CC3)C1.Cl. The monoisotopic (exact) mass is 585 g/mol. The van der Waals surface area contributed by atoms with Crippen molar-refractivity contribution in [1.29, 1.82) is 0 Å². The summed E-state index contributed by atoms with van der Waals surface area (Å²) in [7, 11) is 3.45. The van der Waals surface area contributed by atoms with Gasteiger partial charge in [-0.3, -0.25) is 19.2 Å². The second kappa shape index (κ2) is 13.3. The van der Waals surface area contributed by atoms with Gasteiger partial charge >= 0.3 is 11.8 Å². The van der Waals surface area contributed by atoms with Gasteiger partial charge in [-0.2, -0.15) is 0 Å². The number of amides is 4. The number of hydrogen-bond donors (Lipinski definition) is 3. The molecule has 4 rings (SSSR count). The summed E-state index contributed by atoms with van der Waals surface area (Å²) in [5.74, 6) is -2.24. The van der Waals surface area contributed by atoms with Crippen molar-refractivity contribution >= 4 is 64.8 Å².